The molecular formula is C23H20F4N2O3. The second-order valence-corrected chi connectivity index (χ2v) is 7.21. The van der Waals surface area contributed by atoms with Crippen LogP contribution in [0.5, 0.6) is 11.6 Å². The number of aromatic nitrogens is 1. The van der Waals surface area contributed by atoms with E-state index in [4.69, 9.17) is 4.74 Å². The van der Waals surface area contributed by atoms with Gasteiger partial charge >= 0.3 is 6.18 Å². The minimum Gasteiger partial charge on any atom is -0.438 e. The van der Waals surface area contributed by atoms with Crippen molar-refractivity contribution in [2.24, 2.45) is 0 Å². The van der Waals surface area contributed by atoms with Crippen LogP contribution in [0, 0.1) is 5.82 Å². The van der Waals surface area contributed by atoms with E-state index in [1.807, 2.05) is 0 Å². The zero-order chi connectivity index (χ0) is 23.5. The van der Waals surface area contributed by atoms with Crippen LogP contribution in [-0.4, -0.2) is 28.1 Å². The topological polar surface area (TPSA) is 71.5 Å². The number of hydrogen-bond donors (Lipinski definition) is 2. The van der Waals surface area contributed by atoms with Crippen molar-refractivity contribution in [3.63, 3.8) is 0 Å². The van der Waals surface area contributed by atoms with Gasteiger partial charge in [-0.3, -0.25) is 4.79 Å². The third-order valence-electron chi connectivity index (χ3n) is 4.73. The minimum absolute atomic E-state index is 0.0181. The lowest BCUT2D eigenvalue weighted by atomic mass is 10.0. The fourth-order valence-corrected chi connectivity index (χ4v) is 2.75. The van der Waals surface area contributed by atoms with Gasteiger partial charge in [-0.05, 0) is 61.9 Å². The third kappa shape index (κ3) is 5.61. The maximum atomic E-state index is 13.8. The van der Waals surface area contributed by atoms with Crippen LogP contribution >= 0.6 is 0 Å². The number of halogens is 4. The summed E-state index contributed by atoms with van der Waals surface area (Å²) in [5.74, 6) is -0.969. The van der Waals surface area contributed by atoms with Gasteiger partial charge in [-0.15, -0.1) is 0 Å². The second kappa shape index (κ2) is 9.35. The lowest BCUT2D eigenvalue weighted by Crippen LogP contribution is -2.39. The maximum Gasteiger partial charge on any atom is 0.416 e. The van der Waals surface area contributed by atoms with Crippen molar-refractivity contribution >= 4 is 5.91 Å². The molecule has 0 saturated carbocycles. The first-order valence-electron chi connectivity index (χ1n) is 9.64. The van der Waals surface area contributed by atoms with E-state index < -0.39 is 35.6 Å². The average Bonchev–Trinajstić information content (AvgIpc) is 2.73. The Morgan fingerprint density at radius 3 is 2.38 bits per heavy atom. The van der Waals surface area contributed by atoms with Crippen LogP contribution in [-0.2, 0) is 6.18 Å². The fourth-order valence-electron chi connectivity index (χ4n) is 2.75. The molecule has 0 bridgehead atoms. The Morgan fingerprint density at radius 2 is 1.78 bits per heavy atom. The Kier molecular flexibility index (Phi) is 6.78. The van der Waals surface area contributed by atoms with Gasteiger partial charge in [0, 0.05) is 11.8 Å². The molecule has 0 radical (unpaired) electrons. The van der Waals surface area contributed by atoms with Crippen molar-refractivity contribution in [3.05, 3.63) is 77.7 Å². The molecule has 32 heavy (non-hydrogen) atoms. The molecule has 0 saturated heterocycles. The Labute approximate surface area is 181 Å². The molecule has 1 amide bonds. The summed E-state index contributed by atoms with van der Waals surface area (Å²) >= 11 is 0. The summed E-state index contributed by atoms with van der Waals surface area (Å²) in [6, 6.07) is 10.5. The van der Waals surface area contributed by atoms with Gasteiger partial charge < -0.3 is 15.2 Å². The number of nitrogens with one attached hydrogen (secondary N) is 1. The number of rotatable bonds is 6. The SMILES string of the molecule is C[C@H](O)[C@@H](C)NC(=O)c1cnc(Oc2ccc(C(F)(F)F)cc2)c(-c2cccc(F)c2)c1. The third-order valence-corrected chi connectivity index (χ3v) is 4.73. The lowest BCUT2D eigenvalue weighted by Gasteiger charge is -2.17. The average molecular weight is 448 g/mol. The maximum absolute atomic E-state index is 13.8. The molecule has 2 N–H and O–H groups in total. The monoisotopic (exact) mass is 448 g/mol. The number of alkyl halides is 3. The number of ether oxygens (including phenoxy) is 1. The summed E-state index contributed by atoms with van der Waals surface area (Å²) in [6.07, 6.45) is -4.04. The van der Waals surface area contributed by atoms with E-state index in [-0.39, 0.29) is 22.8 Å². The van der Waals surface area contributed by atoms with Crippen molar-refractivity contribution in [1.29, 1.82) is 0 Å². The summed E-state index contributed by atoms with van der Waals surface area (Å²) in [7, 11) is 0. The minimum atomic E-state index is -4.48. The number of pyridine rings is 1. The first-order valence-corrected chi connectivity index (χ1v) is 9.64. The Bertz CT molecular complexity index is 1100. The molecule has 0 aliphatic heterocycles. The Morgan fingerprint density at radius 1 is 1.09 bits per heavy atom. The van der Waals surface area contributed by atoms with Crippen molar-refractivity contribution in [2.75, 3.05) is 0 Å². The highest BCUT2D eigenvalue weighted by Gasteiger charge is 2.30. The van der Waals surface area contributed by atoms with Gasteiger partial charge in [0.05, 0.1) is 23.3 Å². The highest BCUT2D eigenvalue weighted by molar-refractivity contribution is 5.95. The smallest absolute Gasteiger partial charge is 0.416 e. The summed E-state index contributed by atoms with van der Waals surface area (Å²) in [4.78, 5) is 16.7. The molecule has 9 heteroatoms. The van der Waals surface area contributed by atoms with E-state index in [0.29, 0.717) is 5.56 Å². The number of carbonyl (C=O) groups excluding carboxylic acids is 1. The predicted octanol–water partition coefficient (Wildman–Crippen LogP) is 5.20. The molecule has 3 rings (SSSR count). The number of carbonyl (C=O) groups is 1. The van der Waals surface area contributed by atoms with E-state index >= 15 is 0 Å². The molecule has 0 fully saturated rings. The molecule has 1 aromatic heterocycles. The molecule has 5 nitrogen and oxygen atoms in total. The molecule has 0 unspecified atom stereocenters. The number of benzene rings is 2. The molecule has 0 aliphatic rings. The molecule has 0 aliphatic carbocycles. The summed E-state index contributed by atoms with van der Waals surface area (Å²) in [6.45, 7) is 3.16. The van der Waals surface area contributed by atoms with E-state index in [1.54, 1.807) is 13.0 Å². The largest absolute Gasteiger partial charge is 0.438 e. The summed E-state index contributed by atoms with van der Waals surface area (Å²) in [5.41, 5.74) is -0.0710. The van der Waals surface area contributed by atoms with E-state index in [9.17, 15) is 27.5 Å². The second-order valence-electron chi connectivity index (χ2n) is 7.21. The van der Waals surface area contributed by atoms with Crippen molar-refractivity contribution < 1.29 is 32.2 Å². The van der Waals surface area contributed by atoms with Gasteiger partial charge in [-0.2, -0.15) is 13.2 Å². The van der Waals surface area contributed by atoms with Crippen LogP contribution in [0.25, 0.3) is 11.1 Å². The number of hydrogen-bond acceptors (Lipinski definition) is 4. The number of aliphatic hydroxyl groups excluding tert-OH is 1. The van der Waals surface area contributed by atoms with Gasteiger partial charge in [-0.1, -0.05) is 12.1 Å². The van der Waals surface area contributed by atoms with E-state index in [0.717, 1.165) is 24.3 Å². The highest BCUT2D eigenvalue weighted by Crippen LogP contribution is 2.35. The zero-order valence-electron chi connectivity index (χ0n) is 17.2. The van der Waals surface area contributed by atoms with Gasteiger partial charge in [0.2, 0.25) is 5.88 Å². The molecule has 2 aromatic carbocycles. The molecule has 3 aromatic rings. The van der Waals surface area contributed by atoms with Crippen LogP contribution in [0.3, 0.4) is 0 Å². The normalized spacial score (nSPS) is 13.3. The molecule has 2 atom stereocenters. The summed E-state index contributed by atoms with van der Waals surface area (Å²) in [5, 5.41) is 12.2. The van der Waals surface area contributed by atoms with E-state index in [1.165, 1.54) is 37.4 Å². The Hall–Kier alpha value is -3.46. The number of nitrogens with zero attached hydrogens (tertiary/aromatic N) is 1. The first kappa shape index (κ1) is 23.2. The standard InChI is InChI=1S/C23H20F4N2O3/c1-13(14(2)30)29-21(31)16-11-20(15-4-3-5-18(24)10-15)22(28-12-16)32-19-8-6-17(7-9-19)23(25,26)27/h3-14,30H,1-2H3,(H,29,31)/t13-,14+/m1/s1. The first-order chi connectivity index (χ1) is 15.0. The Balaban J connectivity index is 1.97. The van der Waals surface area contributed by atoms with Crippen LogP contribution in [0.4, 0.5) is 17.6 Å². The van der Waals surface area contributed by atoms with Crippen LogP contribution in [0.15, 0.2) is 60.8 Å². The fraction of sp³-hybridized carbons (Fsp3) is 0.217. The van der Waals surface area contributed by atoms with Crippen LogP contribution in [0.2, 0.25) is 0 Å². The van der Waals surface area contributed by atoms with E-state index in [2.05, 4.69) is 10.3 Å². The molecular weight excluding hydrogens is 428 g/mol. The van der Waals surface area contributed by atoms with Crippen molar-refractivity contribution in [2.45, 2.75) is 32.2 Å². The zero-order valence-corrected chi connectivity index (χ0v) is 17.2. The lowest BCUT2D eigenvalue weighted by molar-refractivity contribution is -0.137. The predicted molar refractivity (Wildman–Crippen MR) is 110 cm³/mol. The molecule has 168 valence electrons. The molecule has 1 heterocycles. The van der Waals surface area contributed by atoms with Gasteiger partial charge in [0.15, 0.2) is 0 Å². The quantitative estimate of drug-likeness (QED) is 0.509. The number of aliphatic hydroxyl groups is 1. The summed E-state index contributed by atoms with van der Waals surface area (Å²) < 4.78 is 57.8. The van der Waals surface area contributed by atoms with Crippen LogP contribution < -0.4 is 10.1 Å². The van der Waals surface area contributed by atoms with Crippen molar-refractivity contribution in [1.82, 2.24) is 10.3 Å². The van der Waals surface area contributed by atoms with Gasteiger partial charge in [0.25, 0.3) is 5.91 Å². The van der Waals surface area contributed by atoms with Crippen LogP contribution in [0.1, 0.15) is 29.8 Å². The highest BCUT2D eigenvalue weighted by atomic mass is 19.4. The van der Waals surface area contributed by atoms with Gasteiger partial charge in [0.1, 0.15) is 11.6 Å². The number of amides is 1. The molecule has 0 spiro atoms. The van der Waals surface area contributed by atoms with Crippen molar-refractivity contribution in [3.8, 4) is 22.8 Å². The van der Waals surface area contributed by atoms with Gasteiger partial charge in [-0.25, -0.2) is 9.37 Å².